The minimum Gasteiger partial charge on any atom is -0.340 e. The van der Waals surface area contributed by atoms with E-state index in [2.05, 4.69) is 15.6 Å². The van der Waals surface area contributed by atoms with E-state index in [1.807, 2.05) is 0 Å². The molecule has 2 aromatic heterocycles. The van der Waals surface area contributed by atoms with Crippen LogP contribution in [0.15, 0.2) is 65.6 Å². The summed E-state index contributed by atoms with van der Waals surface area (Å²) in [7, 11) is 0. The lowest BCUT2D eigenvalue weighted by Crippen LogP contribution is -2.21. The van der Waals surface area contributed by atoms with Crippen molar-refractivity contribution in [1.82, 2.24) is 14.9 Å². The number of benzene rings is 2. The maximum atomic E-state index is 14.2. The Morgan fingerprint density at radius 1 is 1.02 bits per heavy atom. The Hall–Kier alpha value is -4.58. The molecular formula is C29H20ClF5N4O3. The number of hydrogen-bond donors (Lipinski definition) is 2. The fourth-order valence-corrected chi connectivity index (χ4v) is 4.88. The Bertz CT molecular complexity index is 1820. The SMILES string of the molecule is CC(C)n1cc(-c2cc(NC(=O)c3cc(F)cc(C(F)(F)F)c3)c3c(n2)C(=O)N[C@H]3c2cc(F)ccc2Cl)ccc1=O. The molecule has 3 heterocycles. The van der Waals surface area contributed by atoms with Gasteiger partial charge in [-0.1, -0.05) is 11.6 Å². The molecule has 0 saturated heterocycles. The minimum atomic E-state index is -4.92. The third kappa shape index (κ3) is 5.49. The molecule has 0 unspecified atom stereocenters. The molecule has 1 aliphatic heterocycles. The number of alkyl halides is 3. The lowest BCUT2D eigenvalue weighted by Gasteiger charge is -2.19. The number of nitrogens with one attached hydrogen (secondary N) is 2. The number of amides is 2. The van der Waals surface area contributed by atoms with Crippen LogP contribution in [0.1, 0.15) is 63.5 Å². The van der Waals surface area contributed by atoms with Crippen LogP contribution in [-0.2, 0) is 6.18 Å². The molecule has 0 spiro atoms. The molecule has 42 heavy (non-hydrogen) atoms. The molecular weight excluding hydrogens is 583 g/mol. The summed E-state index contributed by atoms with van der Waals surface area (Å²) in [4.78, 5) is 43.1. The monoisotopic (exact) mass is 602 g/mol. The van der Waals surface area contributed by atoms with E-state index in [-0.39, 0.29) is 50.9 Å². The first-order valence-corrected chi connectivity index (χ1v) is 12.8. The molecule has 0 radical (unpaired) electrons. The normalized spacial score (nSPS) is 14.6. The Morgan fingerprint density at radius 2 is 1.76 bits per heavy atom. The highest BCUT2D eigenvalue weighted by Gasteiger charge is 2.37. The zero-order valence-corrected chi connectivity index (χ0v) is 22.6. The van der Waals surface area contributed by atoms with Gasteiger partial charge in [-0.25, -0.2) is 13.8 Å². The molecule has 2 amide bonds. The second kappa shape index (κ2) is 10.7. The van der Waals surface area contributed by atoms with Crippen LogP contribution in [-0.4, -0.2) is 21.4 Å². The number of halogens is 6. The minimum absolute atomic E-state index is 0.0641. The first-order valence-electron chi connectivity index (χ1n) is 12.5. The van der Waals surface area contributed by atoms with E-state index in [1.165, 1.54) is 35.0 Å². The summed E-state index contributed by atoms with van der Waals surface area (Å²) in [6.07, 6.45) is -3.42. The van der Waals surface area contributed by atoms with Crippen LogP contribution in [0.2, 0.25) is 5.02 Å². The number of pyridine rings is 2. The van der Waals surface area contributed by atoms with Gasteiger partial charge >= 0.3 is 6.18 Å². The summed E-state index contributed by atoms with van der Waals surface area (Å²) in [6, 6.07) is 7.62. The van der Waals surface area contributed by atoms with Crippen molar-refractivity contribution in [3.8, 4) is 11.3 Å². The average Bonchev–Trinajstić information content (AvgIpc) is 3.25. The Balaban J connectivity index is 1.69. The predicted octanol–water partition coefficient (Wildman–Crippen LogP) is 6.53. The fourth-order valence-electron chi connectivity index (χ4n) is 4.65. The number of carbonyl (C=O) groups excluding carboxylic acids is 2. The van der Waals surface area contributed by atoms with Crippen LogP contribution >= 0.6 is 11.6 Å². The van der Waals surface area contributed by atoms with Crippen molar-refractivity contribution in [1.29, 1.82) is 0 Å². The standard InChI is InChI=1S/C29H20ClF5N4O3/c1-13(2)39-12-14(3-6-23(39)40)21-11-22(37-27(41)15-7-16(29(33,34)35)9-18(32)8-15)24-25(38-28(42)26(24)36-21)19-10-17(31)4-5-20(19)30/h3-13,25H,1-2H3,(H,38,42)(H,36,37,41)/t25-/m0/s1. The highest BCUT2D eigenvalue weighted by molar-refractivity contribution is 6.31. The van der Waals surface area contributed by atoms with E-state index < -0.39 is 46.8 Å². The Kier molecular flexibility index (Phi) is 7.35. The van der Waals surface area contributed by atoms with Crippen molar-refractivity contribution in [3.63, 3.8) is 0 Å². The lowest BCUT2D eigenvalue weighted by atomic mass is 9.97. The highest BCUT2D eigenvalue weighted by atomic mass is 35.5. The lowest BCUT2D eigenvalue weighted by molar-refractivity contribution is -0.137. The van der Waals surface area contributed by atoms with Crippen molar-refractivity contribution in [3.05, 3.63) is 116 Å². The van der Waals surface area contributed by atoms with Gasteiger partial charge in [0, 0.05) is 45.6 Å². The molecule has 13 heteroatoms. The van der Waals surface area contributed by atoms with Crippen LogP contribution in [0.3, 0.4) is 0 Å². The van der Waals surface area contributed by atoms with E-state index in [0.717, 1.165) is 12.1 Å². The molecule has 0 bridgehead atoms. The van der Waals surface area contributed by atoms with Crippen molar-refractivity contribution >= 4 is 29.1 Å². The fraction of sp³-hybridized carbons (Fsp3) is 0.172. The molecule has 7 nitrogen and oxygen atoms in total. The van der Waals surface area contributed by atoms with Gasteiger partial charge in [0.15, 0.2) is 0 Å². The molecule has 1 aliphatic rings. The molecule has 0 aliphatic carbocycles. The summed E-state index contributed by atoms with van der Waals surface area (Å²) in [5.74, 6) is -3.76. The number of aromatic nitrogens is 2. The average molecular weight is 603 g/mol. The number of rotatable bonds is 5. The summed E-state index contributed by atoms with van der Waals surface area (Å²) >= 11 is 6.30. The highest BCUT2D eigenvalue weighted by Crippen LogP contribution is 2.40. The van der Waals surface area contributed by atoms with E-state index in [1.54, 1.807) is 13.8 Å². The van der Waals surface area contributed by atoms with Crippen molar-refractivity contribution < 1.29 is 31.5 Å². The van der Waals surface area contributed by atoms with Gasteiger partial charge in [0.25, 0.3) is 17.4 Å². The van der Waals surface area contributed by atoms with Gasteiger partial charge < -0.3 is 15.2 Å². The summed E-state index contributed by atoms with van der Waals surface area (Å²) < 4.78 is 69.6. The topological polar surface area (TPSA) is 93.1 Å². The number of carbonyl (C=O) groups is 2. The van der Waals surface area contributed by atoms with Crippen LogP contribution in [0.25, 0.3) is 11.3 Å². The predicted molar refractivity (Wildman–Crippen MR) is 144 cm³/mol. The van der Waals surface area contributed by atoms with E-state index in [0.29, 0.717) is 17.7 Å². The molecule has 2 N–H and O–H groups in total. The zero-order valence-electron chi connectivity index (χ0n) is 21.8. The van der Waals surface area contributed by atoms with Gasteiger partial charge in [0.1, 0.15) is 17.3 Å². The van der Waals surface area contributed by atoms with E-state index >= 15 is 0 Å². The van der Waals surface area contributed by atoms with Crippen LogP contribution in [0, 0.1) is 11.6 Å². The summed E-state index contributed by atoms with van der Waals surface area (Å²) in [5, 5.41) is 5.20. The second-order valence-electron chi connectivity index (χ2n) is 9.83. The molecule has 0 saturated carbocycles. The van der Waals surface area contributed by atoms with Crippen molar-refractivity contribution in [2.75, 3.05) is 5.32 Å². The molecule has 2 aromatic carbocycles. The number of anilines is 1. The van der Waals surface area contributed by atoms with Crippen LogP contribution < -0.4 is 16.2 Å². The van der Waals surface area contributed by atoms with E-state index in [4.69, 9.17) is 11.6 Å². The van der Waals surface area contributed by atoms with Crippen LogP contribution in [0.5, 0.6) is 0 Å². The van der Waals surface area contributed by atoms with Gasteiger partial charge in [-0.2, -0.15) is 13.2 Å². The van der Waals surface area contributed by atoms with Gasteiger partial charge in [-0.3, -0.25) is 14.4 Å². The third-order valence-corrected chi connectivity index (χ3v) is 6.98. The maximum Gasteiger partial charge on any atom is 0.416 e. The van der Waals surface area contributed by atoms with Gasteiger partial charge in [0.2, 0.25) is 0 Å². The molecule has 4 aromatic rings. The smallest absolute Gasteiger partial charge is 0.340 e. The first-order chi connectivity index (χ1) is 19.7. The quantitative estimate of drug-likeness (QED) is 0.254. The first kappa shape index (κ1) is 28.9. The van der Waals surface area contributed by atoms with Crippen molar-refractivity contribution in [2.24, 2.45) is 0 Å². The van der Waals surface area contributed by atoms with Gasteiger partial charge in [-0.15, -0.1) is 0 Å². The van der Waals surface area contributed by atoms with Gasteiger partial charge in [0.05, 0.1) is 23.0 Å². The Labute approximate surface area is 240 Å². The summed E-state index contributed by atoms with van der Waals surface area (Å²) in [6.45, 7) is 3.56. The summed E-state index contributed by atoms with van der Waals surface area (Å²) in [5.41, 5.74) is -1.85. The van der Waals surface area contributed by atoms with Crippen LogP contribution in [0.4, 0.5) is 27.6 Å². The Morgan fingerprint density at radius 3 is 2.45 bits per heavy atom. The zero-order chi connectivity index (χ0) is 30.5. The number of hydrogen-bond acceptors (Lipinski definition) is 4. The largest absolute Gasteiger partial charge is 0.416 e. The maximum absolute atomic E-state index is 14.2. The number of nitrogens with zero attached hydrogens (tertiary/aromatic N) is 2. The molecule has 216 valence electrons. The molecule has 0 fully saturated rings. The third-order valence-electron chi connectivity index (χ3n) is 6.63. The molecule has 5 rings (SSSR count). The van der Waals surface area contributed by atoms with E-state index in [9.17, 15) is 36.3 Å². The van der Waals surface area contributed by atoms with Gasteiger partial charge in [-0.05, 0) is 62.4 Å². The van der Waals surface area contributed by atoms with Crippen molar-refractivity contribution in [2.45, 2.75) is 32.1 Å². The second-order valence-corrected chi connectivity index (χ2v) is 10.2. The molecule has 1 atom stereocenters. The number of fused-ring (bicyclic) bond motifs is 1.